The van der Waals surface area contributed by atoms with Crippen molar-refractivity contribution in [1.29, 1.82) is 0 Å². The summed E-state index contributed by atoms with van der Waals surface area (Å²) < 4.78 is 0. The van der Waals surface area contributed by atoms with Crippen molar-refractivity contribution < 1.29 is 20.1 Å². The first-order valence-electron chi connectivity index (χ1n) is 8.69. The fraction of sp³-hybridized carbons (Fsp3) is 0.941. The molecule has 0 spiro atoms. The van der Waals surface area contributed by atoms with Gasteiger partial charge in [-0.25, -0.2) is 0 Å². The third-order valence-electron chi connectivity index (χ3n) is 4.94. The smallest absolute Gasteiger partial charge is 0.129 e. The van der Waals surface area contributed by atoms with Crippen LogP contribution in [-0.2, 0) is 4.79 Å². The van der Waals surface area contributed by atoms with Crippen LogP contribution < -0.4 is 0 Å². The lowest BCUT2D eigenvalue weighted by Crippen LogP contribution is -2.23. The average Bonchev–Trinajstić information content (AvgIpc) is 2.73. The van der Waals surface area contributed by atoms with Crippen LogP contribution in [-0.4, -0.2) is 47.3 Å². The number of aliphatic hydroxyl groups is 3. The van der Waals surface area contributed by atoms with E-state index >= 15 is 0 Å². The van der Waals surface area contributed by atoms with Crippen molar-refractivity contribution in [2.45, 2.75) is 89.3 Å². The highest BCUT2D eigenvalue weighted by molar-refractivity contribution is 6.08. The number of rotatable bonds is 11. The largest absolute Gasteiger partial charge is 0.394 e. The third kappa shape index (κ3) is 6.80. The van der Waals surface area contributed by atoms with Crippen LogP contribution in [0.1, 0.15) is 64.7 Å². The zero-order chi connectivity index (χ0) is 16.5. The van der Waals surface area contributed by atoms with Crippen LogP contribution in [0.5, 0.6) is 0 Å². The van der Waals surface area contributed by atoms with E-state index < -0.39 is 18.3 Å². The molecule has 1 aliphatic carbocycles. The molecule has 0 aromatic rings. The summed E-state index contributed by atoms with van der Waals surface area (Å²) in [4.78, 5) is 10.9. The van der Waals surface area contributed by atoms with E-state index in [9.17, 15) is 20.1 Å². The molecular weight excluding hydrogens is 279 g/mol. The number of aliphatic hydroxyl groups excluding tert-OH is 3. The van der Waals surface area contributed by atoms with Crippen LogP contribution in [0.15, 0.2) is 0 Å². The molecule has 1 saturated carbocycles. The Labute approximate surface area is 135 Å². The first-order valence-corrected chi connectivity index (χ1v) is 8.69. The fourth-order valence-electron chi connectivity index (χ4n) is 3.59. The minimum atomic E-state index is -0.517. The van der Waals surface area contributed by atoms with Gasteiger partial charge in [0.05, 0.1) is 20.1 Å². The van der Waals surface area contributed by atoms with E-state index in [2.05, 4.69) is 0 Å². The summed E-state index contributed by atoms with van der Waals surface area (Å²) in [6.07, 6.45) is 6.18. The molecule has 0 aromatic heterocycles. The van der Waals surface area contributed by atoms with Crippen molar-refractivity contribution >= 4 is 13.6 Å². The summed E-state index contributed by atoms with van der Waals surface area (Å²) in [5, 5.41) is 29.8. The molecule has 0 aromatic carbocycles. The van der Waals surface area contributed by atoms with Crippen molar-refractivity contribution in [2.24, 2.45) is 11.8 Å². The van der Waals surface area contributed by atoms with Crippen molar-refractivity contribution in [2.75, 3.05) is 0 Å². The summed E-state index contributed by atoms with van der Waals surface area (Å²) in [5.74, 6) is 0.425. The predicted octanol–water partition coefficient (Wildman–Crippen LogP) is 2.00. The molecule has 3 N–H and O–H groups in total. The molecule has 0 amide bonds. The summed E-state index contributed by atoms with van der Waals surface area (Å²) in [5.41, 5.74) is 0. The van der Waals surface area contributed by atoms with Crippen LogP contribution >= 0.6 is 0 Å². The maximum absolute atomic E-state index is 10.9. The van der Waals surface area contributed by atoms with Crippen molar-refractivity contribution in [3.05, 3.63) is 0 Å². The van der Waals surface area contributed by atoms with E-state index in [1.54, 1.807) is 6.92 Å². The van der Waals surface area contributed by atoms with Gasteiger partial charge in [-0.05, 0) is 50.9 Å². The fourth-order valence-corrected chi connectivity index (χ4v) is 3.59. The van der Waals surface area contributed by atoms with E-state index in [0.717, 1.165) is 32.1 Å². The van der Waals surface area contributed by atoms with Crippen LogP contribution in [0.25, 0.3) is 0 Å². The molecule has 0 heterocycles. The zero-order valence-corrected chi connectivity index (χ0v) is 13.8. The van der Waals surface area contributed by atoms with E-state index in [0.29, 0.717) is 25.7 Å². The lowest BCUT2D eigenvalue weighted by Gasteiger charge is -2.24. The van der Waals surface area contributed by atoms with Gasteiger partial charge in [0.1, 0.15) is 5.78 Å². The Morgan fingerprint density at radius 1 is 1.09 bits per heavy atom. The average molecular weight is 310 g/mol. The maximum Gasteiger partial charge on any atom is 0.129 e. The number of hydrogen-bond acceptors (Lipinski definition) is 4. The summed E-state index contributed by atoms with van der Waals surface area (Å²) in [6.45, 7) is 1.62. The minimum absolute atomic E-state index is 0.0634. The van der Waals surface area contributed by atoms with E-state index in [-0.39, 0.29) is 23.9 Å². The Balaban J connectivity index is 2.29. The van der Waals surface area contributed by atoms with Crippen molar-refractivity contribution in [3.8, 4) is 0 Å². The van der Waals surface area contributed by atoms with Gasteiger partial charge in [0.25, 0.3) is 0 Å². The van der Waals surface area contributed by atoms with Gasteiger partial charge in [-0.3, -0.25) is 0 Å². The van der Waals surface area contributed by atoms with Crippen LogP contribution in [0.4, 0.5) is 0 Å². The third-order valence-corrected chi connectivity index (χ3v) is 4.94. The summed E-state index contributed by atoms with van der Waals surface area (Å²) in [7, 11) is 5.42. The second-order valence-corrected chi connectivity index (χ2v) is 6.82. The van der Waals surface area contributed by atoms with E-state index in [1.807, 2.05) is 0 Å². The first-order chi connectivity index (χ1) is 10.5. The normalized spacial score (nSPS) is 29.6. The Kier molecular flexibility index (Phi) is 9.30. The summed E-state index contributed by atoms with van der Waals surface area (Å²) >= 11 is 0. The molecule has 22 heavy (non-hydrogen) atoms. The number of carbonyl (C=O) groups is 1. The lowest BCUT2D eigenvalue weighted by atomic mass is 9.83. The molecule has 1 aliphatic rings. The molecule has 5 atom stereocenters. The van der Waals surface area contributed by atoms with Gasteiger partial charge in [0.2, 0.25) is 0 Å². The molecular formula is C17H31BO4. The highest BCUT2D eigenvalue weighted by Gasteiger charge is 2.40. The molecule has 2 unspecified atom stereocenters. The SMILES string of the molecule is [B]CC(O)CC[C@H]1[C@H](O)CC(O)[C@@H]1CCCCCCC(C)=O. The highest BCUT2D eigenvalue weighted by Crippen LogP contribution is 2.39. The number of ketones is 1. The minimum Gasteiger partial charge on any atom is -0.394 e. The standard InChI is InChI=1S/C17H31BO4/c1-12(19)6-4-2-3-5-7-14-15(9-8-13(20)11-18)17(22)10-16(14)21/h13-17,20-22H,2-11H2,1H3/t13?,14-,15-,16?,17-/m1/s1. The molecule has 1 rings (SSSR count). The number of Topliss-reactive ketones (excluding diaryl/α,β-unsaturated/α-hetero) is 1. The molecule has 126 valence electrons. The van der Waals surface area contributed by atoms with Crippen molar-refractivity contribution in [3.63, 3.8) is 0 Å². The van der Waals surface area contributed by atoms with Gasteiger partial charge < -0.3 is 20.1 Å². The van der Waals surface area contributed by atoms with Gasteiger partial charge in [-0.2, -0.15) is 0 Å². The van der Waals surface area contributed by atoms with Gasteiger partial charge in [-0.15, -0.1) is 0 Å². The Hall–Kier alpha value is -0.385. The highest BCUT2D eigenvalue weighted by atomic mass is 16.3. The Morgan fingerprint density at radius 3 is 2.27 bits per heavy atom. The zero-order valence-electron chi connectivity index (χ0n) is 13.8. The Morgan fingerprint density at radius 2 is 1.68 bits per heavy atom. The van der Waals surface area contributed by atoms with Gasteiger partial charge >= 0.3 is 0 Å². The monoisotopic (exact) mass is 310 g/mol. The van der Waals surface area contributed by atoms with Gasteiger partial charge in [0.15, 0.2) is 0 Å². The number of hydrogen-bond donors (Lipinski definition) is 3. The quantitative estimate of drug-likeness (QED) is 0.403. The lowest BCUT2D eigenvalue weighted by molar-refractivity contribution is -0.117. The number of unbranched alkanes of at least 4 members (excludes halogenated alkanes) is 3. The molecule has 0 aliphatic heterocycles. The second kappa shape index (κ2) is 10.4. The van der Waals surface area contributed by atoms with Crippen LogP contribution in [0.2, 0.25) is 6.32 Å². The topological polar surface area (TPSA) is 77.8 Å². The number of carbonyl (C=O) groups excluding carboxylic acids is 1. The molecule has 1 fully saturated rings. The van der Waals surface area contributed by atoms with Crippen LogP contribution in [0, 0.1) is 11.8 Å². The predicted molar refractivity (Wildman–Crippen MR) is 87.8 cm³/mol. The van der Waals surface area contributed by atoms with Crippen molar-refractivity contribution in [1.82, 2.24) is 0 Å². The summed E-state index contributed by atoms with van der Waals surface area (Å²) in [6, 6.07) is 0. The second-order valence-electron chi connectivity index (χ2n) is 6.82. The van der Waals surface area contributed by atoms with Gasteiger partial charge in [-0.1, -0.05) is 25.6 Å². The Bertz CT molecular complexity index is 324. The molecule has 5 heteroatoms. The molecule has 2 radical (unpaired) electrons. The van der Waals surface area contributed by atoms with E-state index in [1.165, 1.54) is 0 Å². The van der Waals surface area contributed by atoms with E-state index in [4.69, 9.17) is 7.85 Å². The van der Waals surface area contributed by atoms with Crippen LogP contribution in [0.3, 0.4) is 0 Å². The first kappa shape index (κ1) is 19.7. The maximum atomic E-state index is 10.9. The van der Waals surface area contributed by atoms with Gasteiger partial charge in [0, 0.05) is 12.5 Å². The molecule has 0 bridgehead atoms. The molecule has 4 nitrogen and oxygen atoms in total. The molecule has 0 saturated heterocycles.